The number of halogens is 1. The SMILES string of the molecule is O=C(OC[C@@H]1O[C@@H](O[C@@]2(CO)O[C@@H](CO)[C@H](O)[C@H]2O)[C@@H](O)[C@H](O)[C@H]1O)c1cc2cc(Cl)ccc2oc1=O. The third-order valence-corrected chi connectivity index (χ3v) is 6.42. The lowest BCUT2D eigenvalue weighted by Crippen LogP contribution is -2.62. The van der Waals surface area contributed by atoms with Crippen molar-refractivity contribution in [3.63, 3.8) is 0 Å². The minimum atomic E-state index is -2.37. The topological polar surface area (TPSA) is 226 Å². The van der Waals surface area contributed by atoms with Crippen LogP contribution in [0.5, 0.6) is 0 Å². The van der Waals surface area contributed by atoms with Gasteiger partial charge in [-0.3, -0.25) is 0 Å². The summed E-state index contributed by atoms with van der Waals surface area (Å²) < 4.78 is 26.1. The van der Waals surface area contributed by atoms with Gasteiger partial charge in [0.2, 0.25) is 5.79 Å². The molecule has 0 saturated carbocycles. The molecule has 0 bridgehead atoms. The van der Waals surface area contributed by atoms with Crippen molar-refractivity contribution >= 4 is 28.5 Å². The van der Waals surface area contributed by atoms with Crippen LogP contribution in [-0.4, -0.2) is 116 Å². The second-order valence-electron chi connectivity index (χ2n) is 8.60. The van der Waals surface area contributed by atoms with Gasteiger partial charge in [0.15, 0.2) is 6.29 Å². The van der Waals surface area contributed by atoms with Crippen molar-refractivity contribution in [2.45, 2.75) is 54.8 Å². The van der Waals surface area contributed by atoms with E-state index < -0.39 is 91.8 Å². The van der Waals surface area contributed by atoms with Crippen LogP contribution in [-0.2, 0) is 18.9 Å². The number of rotatable bonds is 7. The van der Waals surface area contributed by atoms with Gasteiger partial charge in [0.25, 0.3) is 0 Å². The van der Waals surface area contributed by atoms with Gasteiger partial charge in [-0.2, -0.15) is 0 Å². The highest BCUT2D eigenvalue weighted by Crippen LogP contribution is 2.36. The zero-order chi connectivity index (χ0) is 27.1. The molecule has 14 nitrogen and oxygen atoms in total. The summed E-state index contributed by atoms with van der Waals surface area (Å²) in [6.45, 7) is -2.55. The van der Waals surface area contributed by atoms with Crippen LogP contribution in [0.3, 0.4) is 0 Å². The molecule has 0 amide bonds. The molecule has 0 radical (unpaired) electrons. The summed E-state index contributed by atoms with van der Waals surface area (Å²) in [5.41, 5.74) is -1.31. The molecule has 37 heavy (non-hydrogen) atoms. The fourth-order valence-electron chi connectivity index (χ4n) is 4.09. The summed E-state index contributed by atoms with van der Waals surface area (Å²) in [7, 11) is 0. The quantitative estimate of drug-likeness (QED) is 0.137. The Hall–Kier alpha value is -2.21. The van der Waals surface area contributed by atoms with Gasteiger partial charge in [0.1, 0.15) is 67.1 Å². The molecule has 3 heterocycles. The smallest absolute Gasteiger partial charge is 0.351 e. The average Bonchev–Trinajstić information content (AvgIpc) is 3.12. The molecule has 204 valence electrons. The Kier molecular flexibility index (Phi) is 8.18. The Morgan fingerprint density at radius 2 is 1.73 bits per heavy atom. The fourth-order valence-corrected chi connectivity index (χ4v) is 4.27. The van der Waals surface area contributed by atoms with Crippen molar-refractivity contribution in [3.8, 4) is 0 Å². The molecule has 7 N–H and O–H groups in total. The Labute approximate surface area is 212 Å². The number of ether oxygens (including phenoxy) is 4. The van der Waals surface area contributed by atoms with E-state index in [2.05, 4.69) is 0 Å². The van der Waals surface area contributed by atoms with Crippen molar-refractivity contribution in [1.29, 1.82) is 0 Å². The van der Waals surface area contributed by atoms with Gasteiger partial charge in [-0.1, -0.05) is 11.6 Å². The molecule has 2 aliphatic rings. The van der Waals surface area contributed by atoms with E-state index in [9.17, 15) is 45.3 Å². The van der Waals surface area contributed by atoms with E-state index in [1.807, 2.05) is 0 Å². The van der Waals surface area contributed by atoms with E-state index in [1.165, 1.54) is 24.3 Å². The van der Waals surface area contributed by atoms with Crippen LogP contribution in [0, 0.1) is 0 Å². The van der Waals surface area contributed by atoms with E-state index in [0.29, 0.717) is 10.4 Å². The molecule has 2 aliphatic heterocycles. The first-order valence-corrected chi connectivity index (χ1v) is 11.4. The fraction of sp³-hybridized carbons (Fsp3) is 0.545. The summed E-state index contributed by atoms with van der Waals surface area (Å²) in [6, 6.07) is 5.59. The number of esters is 1. The standard InChI is InChI=1S/C22H25ClO14/c23-9-1-2-11-8(3-9)4-10(20(32)34-11)19(31)33-6-13-14(26)16(28)17(29)21(35-13)37-22(7-25)18(30)15(27)12(5-24)36-22/h1-4,12-18,21,24-30H,5-7H2/t12-,13-,14-,15-,16+,17-,18+,21-,22+/m0/s1. The van der Waals surface area contributed by atoms with E-state index in [-0.39, 0.29) is 5.58 Å². The van der Waals surface area contributed by atoms with Crippen LogP contribution in [0.1, 0.15) is 10.4 Å². The molecule has 2 aromatic rings. The normalized spacial score (nSPS) is 36.1. The maximum absolute atomic E-state index is 12.6. The first-order chi connectivity index (χ1) is 17.5. The van der Waals surface area contributed by atoms with E-state index in [4.69, 9.17) is 35.0 Å². The van der Waals surface area contributed by atoms with Gasteiger partial charge < -0.3 is 59.1 Å². The lowest BCUT2D eigenvalue weighted by molar-refractivity contribution is -0.383. The molecule has 2 fully saturated rings. The molecule has 1 aromatic heterocycles. The van der Waals surface area contributed by atoms with Crippen LogP contribution in [0.4, 0.5) is 0 Å². The molecule has 9 atom stereocenters. The van der Waals surface area contributed by atoms with Gasteiger partial charge in [-0.05, 0) is 24.3 Å². The van der Waals surface area contributed by atoms with Crippen molar-refractivity contribution < 1.29 is 63.9 Å². The largest absolute Gasteiger partial charge is 0.459 e. The Morgan fingerprint density at radius 3 is 2.38 bits per heavy atom. The maximum atomic E-state index is 12.6. The van der Waals surface area contributed by atoms with Crippen LogP contribution in [0.25, 0.3) is 11.0 Å². The molecule has 1 aromatic carbocycles. The van der Waals surface area contributed by atoms with E-state index in [0.717, 1.165) is 0 Å². The van der Waals surface area contributed by atoms with Crippen molar-refractivity contribution in [3.05, 3.63) is 45.3 Å². The van der Waals surface area contributed by atoms with Crippen LogP contribution >= 0.6 is 11.6 Å². The Bertz CT molecular complexity index is 1190. The Balaban J connectivity index is 1.48. The lowest BCUT2D eigenvalue weighted by atomic mass is 9.99. The first kappa shape index (κ1) is 27.8. The minimum absolute atomic E-state index is 0.178. The number of aliphatic hydroxyl groups is 7. The van der Waals surface area contributed by atoms with Crippen LogP contribution in [0.15, 0.2) is 33.5 Å². The maximum Gasteiger partial charge on any atom is 0.351 e. The molecular weight excluding hydrogens is 524 g/mol. The molecule has 4 rings (SSSR count). The zero-order valence-electron chi connectivity index (χ0n) is 18.9. The van der Waals surface area contributed by atoms with Crippen molar-refractivity contribution in [2.75, 3.05) is 19.8 Å². The lowest BCUT2D eigenvalue weighted by Gasteiger charge is -2.43. The molecule has 0 unspecified atom stereocenters. The molecule has 0 spiro atoms. The zero-order valence-corrected chi connectivity index (χ0v) is 19.7. The number of hydrogen-bond acceptors (Lipinski definition) is 14. The molecule has 15 heteroatoms. The number of hydrogen-bond donors (Lipinski definition) is 7. The third kappa shape index (κ3) is 5.23. The summed E-state index contributed by atoms with van der Waals surface area (Å²) in [5.74, 6) is -3.52. The number of fused-ring (bicyclic) bond motifs is 1. The van der Waals surface area contributed by atoms with E-state index in [1.54, 1.807) is 0 Å². The highest BCUT2D eigenvalue weighted by Gasteiger charge is 2.58. The molecular formula is C22H25ClO14. The van der Waals surface area contributed by atoms with Crippen LogP contribution in [0.2, 0.25) is 5.02 Å². The predicted octanol–water partition coefficient (Wildman–Crippen LogP) is -2.77. The van der Waals surface area contributed by atoms with Gasteiger partial charge in [-0.15, -0.1) is 0 Å². The summed E-state index contributed by atoms with van der Waals surface area (Å²) >= 11 is 5.92. The van der Waals surface area contributed by atoms with E-state index >= 15 is 0 Å². The number of benzene rings is 1. The molecule has 2 saturated heterocycles. The first-order valence-electron chi connectivity index (χ1n) is 11.0. The summed E-state index contributed by atoms with van der Waals surface area (Å²) in [4.78, 5) is 24.8. The second kappa shape index (κ2) is 10.9. The third-order valence-electron chi connectivity index (χ3n) is 6.18. The average molecular weight is 549 g/mol. The number of carbonyl (C=O) groups excluding carboxylic acids is 1. The monoisotopic (exact) mass is 548 g/mol. The van der Waals surface area contributed by atoms with Crippen molar-refractivity contribution in [1.82, 2.24) is 0 Å². The number of aliphatic hydroxyl groups excluding tert-OH is 7. The second-order valence-corrected chi connectivity index (χ2v) is 9.04. The van der Waals surface area contributed by atoms with Gasteiger partial charge in [0, 0.05) is 10.4 Å². The minimum Gasteiger partial charge on any atom is -0.459 e. The summed E-state index contributed by atoms with van der Waals surface area (Å²) in [5, 5.41) is 70.9. The van der Waals surface area contributed by atoms with Crippen molar-refractivity contribution in [2.24, 2.45) is 0 Å². The highest BCUT2D eigenvalue weighted by atomic mass is 35.5. The number of carbonyl (C=O) groups is 1. The van der Waals surface area contributed by atoms with Gasteiger partial charge >= 0.3 is 11.6 Å². The van der Waals surface area contributed by atoms with Gasteiger partial charge in [0.05, 0.1) is 6.61 Å². The van der Waals surface area contributed by atoms with Crippen LogP contribution < -0.4 is 5.63 Å². The Morgan fingerprint density at radius 1 is 1.00 bits per heavy atom. The summed E-state index contributed by atoms with van der Waals surface area (Å²) in [6.07, 6.45) is -14.0. The molecule has 0 aliphatic carbocycles. The predicted molar refractivity (Wildman–Crippen MR) is 119 cm³/mol. The van der Waals surface area contributed by atoms with Gasteiger partial charge in [-0.25, -0.2) is 9.59 Å². The highest BCUT2D eigenvalue weighted by molar-refractivity contribution is 6.31.